The lowest BCUT2D eigenvalue weighted by Crippen LogP contribution is -2.30. The predicted octanol–water partition coefficient (Wildman–Crippen LogP) is 3.81. The van der Waals surface area contributed by atoms with Crippen LogP contribution in [0.3, 0.4) is 0 Å². The predicted molar refractivity (Wildman–Crippen MR) is 52.5 cm³/mol. The zero-order chi connectivity index (χ0) is 12.5. The SMILES string of the molecule is Nc1cc(Cl)c(OC(F)C(F)(F)F)c(Cl)c1. The van der Waals surface area contributed by atoms with Crippen LogP contribution >= 0.6 is 23.2 Å². The Morgan fingerprint density at radius 2 is 1.62 bits per heavy atom. The summed E-state index contributed by atoms with van der Waals surface area (Å²) in [5.74, 6) is -0.595. The van der Waals surface area contributed by atoms with E-state index in [0.717, 1.165) is 12.1 Å². The van der Waals surface area contributed by atoms with Gasteiger partial charge < -0.3 is 10.5 Å². The maximum Gasteiger partial charge on any atom is 0.457 e. The Kier molecular flexibility index (Phi) is 3.75. The normalized spacial score (nSPS) is 13.6. The third-order valence-corrected chi connectivity index (χ3v) is 2.06. The van der Waals surface area contributed by atoms with Gasteiger partial charge in [-0.2, -0.15) is 17.6 Å². The second kappa shape index (κ2) is 4.55. The molecule has 8 heteroatoms. The smallest absolute Gasteiger partial charge is 0.449 e. The molecule has 1 aromatic rings. The second-order valence-electron chi connectivity index (χ2n) is 2.79. The van der Waals surface area contributed by atoms with Gasteiger partial charge in [0.05, 0.1) is 10.0 Å². The van der Waals surface area contributed by atoms with Gasteiger partial charge in [-0.1, -0.05) is 23.2 Å². The molecular weight excluding hydrogens is 273 g/mol. The van der Waals surface area contributed by atoms with Crippen LogP contribution in [0.15, 0.2) is 12.1 Å². The van der Waals surface area contributed by atoms with Gasteiger partial charge in [-0.25, -0.2) is 0 Å². The average molecular weight is 278 g/mol. The van der Waals surface area contributed by atoms with E-state index in [1.165, 1.54) is 0 Å². The minimum Gasteiger partial charge on any atom is -0.449 e. The third kappa shape index (κ3) is 3.05. The van der Waals surface area contributed by atoms with Crippen molar-refractivity contribution >= 4 is 28.9 Å². The van der Waals surface area contributed by atoms with Gasteiger partial charge in [0.1, 0.15) is 0 Å². The van der Waals surface area contributed by atoms with Gasteiger partial charge in [0, 0.05) is 5.69 Å². The first kappa shape index (κ1) is 13.2. The summed E-state index contributed by atoms with van der Waals surface area (Å²) in [7, 11) is 0. The van der Waals surface area contributed by atoms with E-state index in [0.29, 0.717) is 0 Å². The van der Waals surface area contributed by atoms with Crippen LogP contribution in [0.1, 0.15) is 0 Å². The summed E-state index contributed by atoms with van der Waals surface area (Å²) in [6, 6.07) is 2.21. The molecule has 0 spiro atoms. The molecule has 0 bridgehead atoms. The highest BCUT2D eigenvalue weighted by Crippen LogP contribution is 2.37. The number of nitrogens with two attached hydrogens (primary N) is 1. The van der Waals surface area contributed by atoms with Crippen LogP contribution in [-0.2, 0) is 0 Å². The molecule has 0 amide bonds. The summed E-state index contributed by atoms with van der Waals surface area (Å²) in [6.45, 7) is 0. The van der Waals surface area contributed by atoms with Crippen molar-refractivity contribution < 1.29 is 22.3 Å². The van der Waals surface area contributed by atoms with Crippen LogP contribution in [0.4, 0.5) is 23.2 Å². The minimum absolute atomic E-state index is 0.129. The summed E-state index contributed by atoms with van der Waals surface area (Å²) in [5, 5.41) is -0.589. The molecule has 1 aromatic carbocycles. The monoisotopic (exact) mass is 277 g/mol. The summed E-state index contributed by atoms with van der Waals surface area (Å²) in [5.41, 5.74) is 5.43. The van der Waals surface area contributed by atoms with Crippen molar-refractivity contribution in [3.8, 4) is 5.75 Å². The number of ether oxygens (including phenoxy) is 1. The van der Waals surface area contributed by atoms with Gasteiger partial charge in [0.15, 0.2) is 5.75 Å². The van der Waals surface area contributed by atoms with Crippen molar-refractivity contribution in [3.05, 3.63) is 22.2 Å². The molecule has 0 aliphatic carbocycles. The number of benzene rings is 1. The van der Waals surface area contributed by atoms with Crippen molar-refractivity contribution in [1.82, 2.24) is 0 Å². The lowest BCUT2D eigenvalue weighted by atomic mass is 10.3. The molecule has 2 N–H and O–H groups in total. The van der Waals surface area contributed by atoms with E-state index in [1.807, 2.05) is 0 Å². The number of hydrogen-bond donors (Lipinski definition) is 1. The maximum atomic E-state index is 12.6. The standard InChI is InChI=1S/C8H5Cl2F4NO/c9-4-1-3(15)2-5(10)6(4)16-7(11)8(12,13)14/h1-2,7H,15H2. The number of anilines is 1. The molecular formula is C8H5Cl2F4NO. The van der Waals surface area contributed by atoms with Crippen LogP contribution in [0.5, 0.6) is 5.75 Å². The molecule has 90 valence electrons. The summed E-state index contributed by atoms with van der Waals surface area (Å²) < 4.78 is 52.1. The molecule has 0 saturated heterocycles. The highest BCUT2D eigenvalue weighted by molar-refractivity contribution is 6.37. The fourth-order valence-corrected chi connectivity index (χ4v) is 1.46. The van der Waals surface area contributed by atoms with Gasteiger partial charge in [-0.05, 0) is 12.1 Å². The first-order valence-corrected chi connectivity index (χ1v) is 4.59. The number of hydrogen-bond acceptors (Lipinski definition) is 2. The second-order valence-corrected chi connectivity index (χ2v) is 3.60. The molecule has 0 heterocycles. The zero-order valence-electron chi connectivity index (χ0n) is 7.49. The van der Waals surface area contributed by atoms with Crippen molar-refractivity contribution in [1.29, 1.82) is 0 Å². The number of nitrogen functional groups attached to an aromatic ring is 1. The topological polar surface area (TPSA) is 35.2 Å². The number of alkyl halides is 4. The lowest BCUT2D eigenvalue weighted by molar-refractivity contribution is -0.236. The van der Waals surface area contributed by atoms with Gasteiger partial charge in [-0.15, -0.1) is 0 Å². The largest absolute Gasteiger partial charge is 0.457 e. The third-order valence-electron chi connectivity index (χ3n) is 1.50. The zero-order valence-corrected chi connectivity index (χ0v) is 9.00. The molecule has 0 aromatic heterocycles. The Hall–Kier alpha value is -0.880. The first-order valence-electron chi connectivity index (χ1n) is 3.84. The quantitative estimate of drug-likeness (QED) is 0.659. The molecule has 16 heavy (non-hydrogen) atoms. The Balaban J connectivity index is 2.98. The molecule has 1 rings (SSSR count). The van der Waals surface area contributed by atoms with Crippen LogP contribution in [0.25, 0.3) is 0 Å². The Morgan fingerprint density at radius 1 is 1.19 bits per heavy atom. The van der Waals surface area contributed by atoms with Crippen molar-refractivity contribution in [2.45, 2.75) is 12.5 Å². The highest BCUT2D eigenvalue weighted by atomic mass is 35.5. The Labute approximate surface area is 97.9 Å². The molecule has 0 aliphatic heterocycles. The van der Waals surface area contributed by atoms with Gasteiger partial charge in [0.25, 0.3) is 0 Å². The molecule has 0 fully saturated rings. The van der Waals surface area contributed by atoms with Crippen LogP contribution in [0, 0.1) is 0 Å². The van der Waals surface area contributed by atoms with Crippen LogP contribution < -0.4 is 10.5 Å². The molecule has 0 radical (unpaired) electrons. The fraction of sp³-hybridized carbons (Fsp3) is 0.250. The van der Waals surface area contributed by atoms with E-state index in [-0.39, 0.29) is 15.7 Å². The van der Waals surface area contributed by atoms with E-state index >= 15 is 0 Å². The van der Waals surface area contributed by atoms with E-state index in [9.17, 15) is 17.6 Å². The van der Waals surface area contributed by atoms with Crippen LogP contribution in [0.2, 0.25) is 10.0 Å². The summed E-state index contributed by atoms with van der Waals surface area (Å²) in [6.07, 6.45) is -8.64. The molecule has 1 atom stereocenters. The number of halogens is 6. The van der Waals surface area contributed by atoms with Gasteiger partial charge in [-0.3, -0.25) is 0 Å². The van der Waals surface area contributed by atoms with Crippen molar-refractivity contribution in [2.75, 3.05) is 5.73 Å². The average Bonchev–Trinajstić information content (AvgIpc) is 2.08. The highest BCUT2D eigenvalue weighted by Gasteiger charge is 2.43. The Morgan fingerprint density at radius 3 is 2.00 bits per heavy atom. The summed E-state index contributed by atoms with van der Waals surface area (Å²) in [4.78, 5) is 0. The lowest BCUT2D eigenvalue weighted by Gasteiger charge is -2.16. The van der Waals surface area contributed by atoms with Crippen molar-refractivity contribution in [2.24, 2.45) is 0 Å². The van der Waals surface area contributed by atoms with E-state index in [2.05, 4.69) is 4.74 Å². The summed E-state index contributed by atoms with van der Waals surface area (Å²) >= 11 is 11.0. The molecule has 2 nitrogen and oxygen atoms in total. The fourth-order valence-electron chi connectivity index (χ4n) is 0.862. The van der Waals surface area contributed by atoms with Gasteiger partial charge >= 0.3 is 12.5 Å². The molecule has 1 unspecified atom stereocenters. The number of rotatable bonds is 2. The first-order chi connectivity index (χ1) is 7.21. The van der Waals surface area contributed by atoms with Crippen LogP contribution in [-0.4, -0.2) is 12.5 Å². The maximum absolute atomic E-state index is 12.6. The molecule has 0 aliphatic rings. The van der Waals surface area contributed by atoms with E-state index in [1.54, 1.807) is 0 Å². The van der Waals surface area contributed by atoms with E-state index < -0.39 is 18.3 Å². The van der Waals surface area contributed by atoms with Gasteiger partial charge in [0.2, 0.25) is 0 Å². The van der Waals surface area contributed by atoms with E-state index in [4.69, 9.17) is 28.9 Å². The Bertz CT molecular complexity index is 373. The minimum atomic E-state index is -5.14. The van der Waals surface area contributed by atoms with Crippen molar-refractivity contribution in [3.63, 3.8) is 0 Å². The molecule has 0 saturated carbocycles.